The molecule has 76 valence electrons. The van der Waals surface area contributed by atoms with E-state index in [0.717, 1.165) is 9.37 Å². The van der Waals surface area contributed by atoms with Crippen molar-refractivity contribution in [2.75, 3.05) is 0 Å². The average Bonchev–Trinajstić information content (AvgIpc) is 2.71. The number of amidine groups is 1. The van der Waals surface area contributed by atoms with Crippen LogP contribution in [0.1, 0.15) is 5.56 Å². The Morgan fingerprint density at radius 2 is 2.33 bits per heavy atom. The Labute approximate surface area is 94.4 Å². The van der Waals surface area contributed by atoms with E-state index in [1.807, 2.05) is 0 Å². The molecule has 2 heterocycles. The van der Waals surface area contributed by atoms with Gasteiger partial charge in [0.1, 0.15) is 17.2 Å². The second kappa shape index (κ2) is 4.37. The van der Waals surface area contributed by atoms with Crippen LogP contribution in [0.15, 0.2) is 34.0 Å². The molecule has 0 aromatic carbocycles. The Balaban J connectivity index is 2.22. The molecule has 0 bridgehead atoms. The summed E-state index contributed by atoms with van der Waals surface area (Å²) in [6.07, 6.45) is 3.13. The normalized spacial score (nSPS) is 10.1. The summed E-state index contributed by atoms with van der Waals surface area (Å²) in [7, 11) is 0. The minimum Gasteiger partial charge on any atom is -0.384 e. The van der Waals surface area contributed by atoms with Crippen molar-refractivity contribution in [3.63, 3.8) is 0 Å². The van der Waals surface area contributed by atoms with Crippen LogP contribution >= 0.6 is 23.3 Å². The lowest BCUT2D eigenvalue weighted by Gasteiger charge is -1.99. The molecule has 0 amide bonds. The molecule has 0 fully saturated rings. The number of nitrogens with zero attached hydrogens (tertiary/aromatic N) is 3. The molecule has 0 radical (unpaired) electrons. The summed E-state index contributed by atoms with van der Waals surface area (Å²) in [5, 5.41) is 8.06. The monoisotopic (exact) mass is 237 g/mol. The van der Waals surface area contributed by atoms with Crippen LogP contribution in [-0.2, 0) is 0 Å². The minimum absolute atomic E-state index is 0.0384. The highest BCUT2D eigenvalue weighted by molar-refractivity contribution is 8.00. The van der Waals surface area contributed by atoms with Gasteiger partial charge in [0.2, 0.25) is 0 Å². The van der Waals surface area contributed by atoms with Gasteiger partial charge in [-0.25, -0.2) is 9.97 Å². The van der Waals surface area contributed by atoms with E-state index < -0.39 is 0 Å². The molecule has 3 N–H and O–H groups in total. The SMILES string of the molecule is N=C(N)c1ccnc(Sc2ncns2)c1. The van der Waals surface area contributed by atoms with Gasteiger partial charge < -0.3 is 5.73 Å². The standard InChI is InChI=1S/C8H7N5S2/c9-7(10)5-1-2-11-6(3-5)14-8-12-4-13-15-8/h1-4H,(H3,9,10). The van der Waals surface area contributed by atoms with Crippen molar-refractivity contribution >= 4 is 29.1 Å². The summed E-state index contributed by atoms with van der Waals surface area (Å²) >= 11 is 2.72. The maximum absolute atomic E-state index is 7.30. The van der Waals surface area contributed by atoms with Crippen molar-refractivity contribution in [2.45, 2.75) is 9.37 Å². The summed E-state index contributed by atoms with van der Waals surface area (Å²) < 4.78 is 4.71. The van der Waals surface area contributed by atoms with E-state index in [-0.39, 0.29) is 5.84 Å². The van der Waals surface area contributed by atoms with Crippen LogP contribution in [0.3, 0.4) is 0 Å². The Hall–Kier alpha value is -1.47. The first-order valence-electron chi connectivity index (χ1n) is 4.00. The smallest absolute Gasteiger partial charge is 0.175 e. The molecule has 5 nitrogen and oxygen atoms in total. The molecular weight excluding hydrogens is 230 g/mol. The molecule has 0 saturated heterocycles. The number of hydrogen-bond donors (Lipinski definition) is 2. The van der Waals surface area contributed by atoms with Crippen LogP contribution < -0.4 is 5.73 Å². The first kappa shape index (κ1) is 10.1. The fraction of sp³-hybridized carbons (Fsp3) is 0. The Morgan fingerprint density at radius 1 is 1.47 bits per heavy atom. The lowest BCUT2D eigenvalue weighted by Crippen LogP contribution is -2.10. The maximum Gasteiger partial charge on any atom is 0.175 e. The molecule has 0 aliphatic rings. The van der Waals surface area contributed by atoms with Crippen molar-refractivity contribution < 1.29 is 0 Å². The van der Waals surface area contributed by atoms with Crippen LogP contribution in [0, 0.1) is 5.41 Å². The molecule has 2 aromatic heterocycles. The maximum atomic E-state index is 7.30. The molecule has 0 saturated carbocycles. The quantitative estimate of drug-likeness (QED) is 0.621. The molecule has 0 spiro atoms. The van der Waals surface area contributed by atoms with E-state index in [4.69, 9.17) is 11.1 Å². The van der Waals surface area contributed by atoms with E-state index in [1.54, 1.807) is 18.3 Å². The lowest BCUT2D eigenvalue weighted by atomic mass is 10.2. The third kappa shape index (κ3) is 2.51. The number of hydrogen-bond acceptors (Lipinski definition) is 6. The number of nitrogens with two attached hydrogens (primary N) is 1. The van der Waals surface area contributed by atoms with Crippen molar-refractivity contribution in [1.29, 1.82) is 5.41 Å². The zero-order chi connectivity index (χ0) is 10.7. The van der Waals surface area contributed by atoms with Gasteiger partial charge in [-0.3, -0.25) is 5.41 Å². The van der Waals surface area contributed by atoms with Crippen LogP contribution in [-0.4, -0.2) is 20.2 Å². The van der Waals surface area contributed by atoms with Crippen LogP contribution in [0.2, 0.25) is 0 Å². The van der Waals surface area contributed by atoms with Gasteiger partial charge in [0.05, 0.1) is 0 Å². The van der Waals surface area contributed by atoms with Crippen LogP contribution in [0.25, 0.3) is 0 Å². The van der Waals surface area contributed by atoms with Crippen LogP contribution in [0.4, 0.5) is 0 Å². The molecule has 2 rings (SSSR count). The Kier molecular flexibility index (Phi) is 2.93. The number of rotatable bonds is 3. The highest BCUT2D eigenvalue weighted by Gasteiger charge is 2.04. The zero-order valence-electron chi connectivity index (χ0n) is 7.54. The van der Waals surface area contributed by atoms with Crippen molar-refractivity contribution in [3.05, 3.63) is 30.2 Å². The van der Waals surface area contributed by atoms with Crippen LogP contribution in [0.5, 0.6) is 0 Å². The highest BCUT2D eigenvalue weighted by Crippen LogP contribution is 2.26. The van der Waals surface area contributed by atoms with E-state index in [0.29, 0.717) is 5.56 Å². The largest absolute Gasteiger partial charge is 0.384 e. The van der Waals surface area contributed by atoms with Crippen molar-refractivity contribution in [1.82, 2.24) is 14.3 Å². The second-order valence-corrected chi connectivity index (χ2v) is 4.65. The average molecular weight is 237 g/mol. The van der Waals surface area contributed by atoms with Gasteiger partial charge in [-0.2, -0.15) is 4.37 Å². The highest BCUT2D eigenvalue weighted by atomic mass is 32.2. The Bertz CT molecular complexity index is 468. The first-order chi connectivity index (χ1) is 7.25. The number of aromatic nitrogens is 3. The van der Waals surface area contributed by atoms with Gasteiger partial charge in [-0.15, -0.1) is 0 Å². The molecular formula is C8H7N5S2. The predicted molar refractivity (Wildman–Crippen MR) is 59.3 cm³/mol. The molecule has 0 atom stereocenters. The summed E-state index contributed by atoms with van der Waals surface area (Å²) in [5.74, 6) is 0.0384. The molecule has 2 aromatic rings. The van der Waals surface area contributed by atoms with Gasteiger partial charge in [0, 0.05) is 11.8 Å². The van der Waals surface area contributed by atoms with E-state index in [1.165, 1.54) is 29.6 Å². The van der Waals surface area contributed by atoms with Crippen molar-refractivity contribution in [2.24, 2.45) is 5.73 Å². The number of nitrogens with one attached hydrogen (secondary N) is 1. The fourth-order valence-electron chi connectivity index (χ4n) is 0.930. The molecule has 0 aliphatic heterocycles. The van der Waals surface area contributed by atoms with Gasteiger partial charge in [0.25, 0.3) is 0 Å². The molecule has 0 aliphatic carbocycles. The first-order valence-corrected chi connectivity index (χ1v) is 5.59. The minimum atomic E-state index is 0.0384. The van der Waals surface area contributed by atoms with Gasteiger partial charge in [-0.05, 0) is 35.4 Å². The lowest BCUT2D eigenvalue weighted by molar-refractivity contribution is 1.11. The van der Waals surface area contributed by atoms with Crippen molar-refractivity contribution in [3.8, 4) is 0 Å². The fourth-order valence-corrected chi connectivity index (χ4v) is 2.32. The van der Waals surface area contributed by atoms with Gasteiger partial charge in [0.15, 0.2) is 4.34 Å². The third-order valence-corrected chi connectivity index (χ3v) is 3.23. The summed E-state index contributed by atoms with van der Waals surface area (Å²) in [6, 6.07) is 3.46. The number of nitrogen functional groups attached to an aromatic ring is 1. The molecule has 7 heteroatoms. The van der Waals surface area contributed by atoms with E-state index in [2.05, 4.69) is 14.3 Å². The molecule has 0 unspecified atom stereocenters. The van der Waals surface area contributed by atoms with Gasteiger partial charge in [-0.1, -0.05) is 0 Å². The summed E-state index contributed by atoms with van der Waals surface area (Å²) in [4.78, 5) is 8.18. The Morgan fingerprint density at radius 3 is 3.00 bits per heavy atom. The van der Waals surface area contributed by atoms with E-state index in [9.17, 15) is 0 Å². The zero-order valence-corrected chi connectivity index (χ0v) is 9.18. The third-order valence-electron chi connectivity index (χ3n) is 1.58. The number of pyridine rings is 1. The van der Waals surface area contributed by atoms with Gasteiger partial charge >= 0.3 is 0 Å². The predicted octanol–water partition coefficient (Wildman–Crippen LogP) is 1.37. The topological polar surface area (TPSA) is 88.5 Å². The van der Waals surface area contributed by atoms with E-state index >= 15 is 0 Å². The second-order valence-electron chi connectivity index (χ2n) is 2.61. The summed E-state index contributed by atoms with van der Waals surface area (Å²) in [6.45, 7) is 0. The summed E-state index contributed by atoms with van der Waals surface area (Å²) in [5.41, 5.74) is 6.04. The molecule has 15 heavy (non-hydrogen) atoms.